The SMILES string of the molecule is O=C(NCCNC1CCN2CCCC2C1)C1CC1. The third-order valence-corrected chi connectivity index (χ3v) is 4.63. The third kappa shape index (κ3) is 3.04. The van der Waals surface area contributed by atoms with E-state index in [0.29, 0.717) is 12.0 Å². The van der Waals surface area contributed by atoms with Crippen LogP contribution in [0.25, 0.3) is 0 Å². The molecule has 2 saturated heterocycles. The van der Waals surface area contributed by atoms with E-state index in [1.54, 1.807) is 0 Å². The Labute approximate surface area is 109 Å². The average Bonchev–Trinajstić information content (AvgIpc) is 3.13. The second-order valence-corrected chi connectivity index (χ2v) is 6.07. The highest BCUT2D eigenvalue weighted by atomic mass is 16.2. The van der Waals surface area contributed by atoms with Crippen LogP contribution in [0, 0.1) is 5.92 Å². The molecule has 0 aromatic rings. The molecule has 2 N–H and O–H groups in total. The predicted octanol–water partition coefficient (Wildman–Crippen LogP) is 0.729. The molecule has 0 bridgehead atoms. The zero-order valence-electron chi connectivity index (χ0n) is 11.2. The van der Waals surface area contributed by atoms with E-state index < -0.39 is 0 Å². The molecule has 1 saturated carbocycles. The van der Waals surface area contributed by atoms with E-state index in [0.717, 1.165) is 32.0 Å². The van der Waals surface area contributed by atoms with Crippen molar-refractivity contribution in [3.8, 4) is 0 Å². The molecule has 18 heavy (non-hydrogen) atoms. The van der Waals surface area contributed by atoms with E-state index >= 15 is 0 Å². The summed E-state index contributed by atoms with van der Waals surface area (Å²) in [7, 11) is 0. The molecule has 1 aliphatic carbocycles. The zero-order chi connectivity index (χ0) is 12.4. The summed E-state index contributed by atoms with van der Waals surface area (Å²) < 4.78 is 0. The number of hydrogen-bond donors (Lipinski definition) is 2. The first-order valence-corrected chi connectivity index (χ1v) is 7.58. The molecule has 3 rings (SSSR count). The Hall–Kier alpha value is -0.610. The van der Waals surface area contributed by atoms with Crippen LogP contribution in [-0.4, -0.2) is 49.1 Å². The number of fused-ring (bicyclic) bond motifs is 1. The Morgan fingerprint density at radius 3 is 2.83 bits per heavy atom. The first-order valence-electron chi connectivity index (χ1n) is 7.58. The van der Waals surface area contributed by atoms with E-state index in [1.165, 1.54) is 38.8 Å². The fourth-order valence-corrected chi connectivity index (χ4v) is 3.36. The smallest absolute Gasteiger partial charge is 0.223 e. The molecule has 2 unspecified atom stereocenters. The van der Waals surface area contributed by atoms with Gasteiger partial charge in [0, 0.05) is 31.1 Å². The molecular weight excluding hydrogens is 226 g/mol. The minimum atomic E-state index is 0.266. The summed E-state index contributed by atoms with van der Waals surface area (Å²) >= 11 is 0. The van der Waals surface area contributed by atoms with Crippen LogP contribution in [0.1, 0.15) is 38.5 Å². The van der Waals surface area contributed by atoms with Crippen molar-refractivity contribution < 1.29 is 4.79 Å². The fraction of sp³-hybridized carbons (Fsp3) is 0.929. The first-order chi connectivity index (χ1) is 8.83. The number of rotatable bonds is 5. The molecular formula is C14H25N3O. The monoisotopic (exact) mass is 251 g/mol. The van der Waals surface area contributed by atoms with Gasteiger partial charge in [-0.25, -0.2) is 0 Å². The number of amides is 1. The lowest BCUT2D eigenvalue weighted by molar-refractivity contribution is -0.122. The van der Waals surface area contributed by atoms with E-state index in [-0.39, 0.29) is 5.91 Å². The van der Waals surface area contributed by atoms with Crippen molar-refractivity contribution in [3.05, 3.63) is 0 Å². The van der Waals surface area contributed by atoms with Crippen molar-refractivity contribution in [2.24, 2.45) is 5.92 Å². The summed E-state index contributed by atoms with van der Waals surface area (Å²) in [5.41, 5.74) is 0. The second-order valence-electron chi connectivity index (χ2n) is 6.07. The summed E-state index contributed by atoms with van der Waals surface area (Å²) in [6, 6.07) is 1.50. The summed E-state index contributed by atoms with van der Waals surface area (Å²) in [4.78, 5) is 14.1. The van der Waals surface area contributed by atoms with Gasteiger partial charge < -0.3 is 15.5 Å². The van der Waals surface area contributed by atoms with E-state index in [1.807, 2.05) is 0 Å². The number of carbonyl (C=O) groups excluding carboxylic acids is 1. The highest BCUT2D eigenvalue weighted by molar-refractivity contribution is 5.80. The highest BCUT2D eigenvalue weighted by Gasteiger charge is 2.31. The van der Waals surface area contributed by atoms with Crippen LogP contribution < -0.4 is 10.6 Å². The van der Waals surface area contributed by atoms with Gasteiger partial charge in [0.15, 0.2) is 0 Å². The molecule has 0 spiro atoms. The van der Waals surface area contributed by atoms with Crippen LogP contribution in [0.5, 0.6) is 0 Å². The van der Waals surface area contributed by atoms with Crippen molar-refractivity contribution in [2.75, 3.05) is 26.2 Å². The first kappa shape index (κ1) is 12.4. The van der Waals surface area contributed by atoms with Crippen LogP contribution in [0.3, 0.4) is 0 Å². The summed E-state index contributed by atoms with van der Waals surface area (Å²) in [5, 5.41) is 6.63. The van der Waals surface area contributed by atoms with Gasteiger partial charge in [0.05, 0.1) is 0 Å². The van der Waals surface area contributed by atoms with Gasteiger partial charge in [0.2, 0.25) is 5.91 Å². The topological polar surface area (TPSA) is 44.4 Å². The molecule has 0 radical (unpaired) electrons. The Morgan fingerprint density at radius 1 is 1.11 bits per heavy atom. The number of hydrogen-bond acceptors (Lipinski definition) is 3. The lowest BCUT2D eigenvalue weighted by Gasteiger charge is -2.35. The van der Waals surface area contributed by atoms with E-state index in [4.69, 9.17) is 0 Å². The number of carbonyl (C=O) groups is 1. The minimum absolute atomic E-state index is 0.266. The van der Waals surface area contributed by atoms with Gasteiger partial charge in [-0.05, 0) is 51.6 Å². The average molecular weight is 251 g/mol. The Balaban J connectivity index is 1.30. The summed E-state index contributed by atoms with van der Waals surface area (Å²) in [5.74, 6) is 0.606. The molecule has 4 heteroatoms. The maximum Gasteiger partial charge on any atom is 0.223 e. The molecule has 2 atom stereocenters. The van der Waals surface area contributed by atoms with Gasteiger partial charge in [0.1, 0.15) is 0 Å². The number of piperidine rings is 1. The van der Waals surface area contributed by atoms with Crippen molar-refractivity contribution in [2.45, 2.75) is 50.6 Å². The Kier molecular flexibility index (Phi) is 3.85. The number of nitrogens with zero attached hydrogens (tertiary/aromatic N) is 1. The van der Waals surface area contributed by atoms with Gasteiger partial charge in [-0.1, -0.05) is 0 Å². The zero-order valence-corrected chi connectivity index (χ0v) is 11.2. The molecule has 3 fully saturated rings. The Bertz CT molecular complexity index is 303. The fourth-order valence-electron chi connectivity index (χ4n) is 3.36. The molecule has 2 aliphatic heterocycles. The lowest BCUT2D eigenvalue weighted by atomic mass is 9.98. The second kappa shape index (κ2) is 5.57. The molecule has 102 valence electrons. The van der Waals surface area contributed by atoms with Gasteiger partial charge in [-0.2, -0.15) is 0 Å². The highest BCUT2D eigenvalue weighted by Crippen LogP contribution is 2.28. The van der Waals surface area contributed by atoms with Gasteiger partial charge in [-0.3, -0.25) is 4.79 Å². The van der Waals surface area contributed by atoms with Crippen LogP contribution in [0.4, 0.5) is 0 Å². The molecule has 2 heterocycles. The third-order valence-electron chi connectivity index (χ3n) is 4.63. The number of nitrogens with one attached hydrogen (secondary N) is 2. The van der Waals surface area contributed by atoms with Gasteiger partial charge in [-0.15, -0.1) is 0 Å². The maximum absolute atomic E-state index is 11.5. The predicted molar refractivity (Wildman–Crippen MR) is 71.4 cm³/mol. The summed E-state index contributed by atoms with van der Waals surface area (Å²) in [6.07, 6.45) is 7.54. The van der Waals surface area contributed by atoms with Crippen molar-refractivity contribution in [1.82, 2.24) is 15.5 Å². The molecule has 4 nitrogen and oxygen atoms in total. The van der Waals surface area contributed by atoms with Crippen molar-refractivity contribution >= 4 is 5.91 Å². The van der Waals surface area contributed by atoms with Gasteiger partial charge in [0.25, 0.3) is 0 Å². The minimum Gasteiger partial charge on any atom is -0.355 e. The van der Waals surface area contributed by atoms with Crippen LogP contribution in [-0.2, 0) is 4.79 Å². The van der Waals surface area contributed by atoms with Crippen LogP contribution in [0.15, 0.2) is 0 Å². The van der Waals surface area contributed by atoms with E-state index in [2.05, 4.69) is 15.5 Å². The maximum atomic E-state index is 11.5. The standard InChI is InChI=1S/C14H25N3O/c18-14(11-3-4-11)16-7-6-15-12-5-9-17-8-1-2-13(17)10-12/h11-13,15H,1-10H2,(H,16,18). The van der Waals surface area contributed by atoms with Gasteiger partial charge >= 0.3 is 0 Å². The van der Waals surface area contributed by atoms with Crippen molar-refractivity contribution in [3.63, 3.8) is 0 Å². The molecule has 0 aromatic heterocycles. The quantitative estimate of drug-likeness (QED) is 0.708. The Morgan fingerprint density at radius 2 is 2.00 bits per heavy atom. The van der Waals surface area contributed by atoms with Crippen LogP contribution >= 0.6 is 0 Å². The largest absolute Gasteiger partial charge is 0.355 e. The lowest BCUT2D eigenvalue weighted by Crippen LogP contribution is -2.47. The van der Waals surface area contributed by atoms with E-state index in [9.17, 15) is 4.79 Å². The van der Waals surface area contributed by atoms with Crippen LogP contribution in [0.2, 0.25) is 0 Å². The normalized spacial score (nSPS) is 32.2. The molecule has 0 aromatic carbocycles. The summed E-state index contributed by atoms with van der Waals surface area (Å²) in [6.45, 7) is 4.29. The molecule has 3 aliphatic rings. The molecule has 1 amide bonds. The van der Waals surface area contributed by atoms with Crippen molar-refractivity contribution in [1.29, 1.82) is 0 Å².